The number of benzene rings is 1. The van der Waals surface area contributed by atoms with Gasteiger partial charge in [0.25, 0.3) is 0 Å². The van der Waals surface area contributed by atoms with E-state index < -0.39 is 17.6 Å². The highest BCUT2D eigenvalue weighted by molar-refractivity contribution is 5.75. The zero-order valence-electron chi connectivity index (χ0n) is 9.29. The number of rotatable bonds is 4. The maximum Gasteiger partial charge on any atom is 0.416 e. The normalized spacial score (nSPS) is 11.8. The maximum absolute atomic E-state index is 12.3. The molecule has 0 heterocycles. The third-order valence-electron chi connectivity index (χ3n) is 2.16. The Kier molecular flexibility index (Phi) is 4.11. The number of nitrogens with zero attached hydrogens (tertiary/aromatic N) is 1. The molecule has 0 unspecified atom stereocenters. The van der Waals surface area contributed by atoms with Gasteiger partial charge in [0.2, 0.25) is 5.91 Å². The Hall–Kier alpha value is -1.56. The van der Waals surface area contributed by atoms with E-state index in [1.54, 1.807) is 11.9 Å². The van der Waals surface area contributed by atoms with E-state index in [0.717, 1.165) is 12.1 Å². The fourth-order valence-corrected chi connectivity index (χ4v) is 1.43. The molecule has 0 saturated heterocycles. The van der Waals surface area contributed by atoms with E-state index in [9.17, 15) is 18.0 Å². The summed E-state index contributed by atoms with van der Waals surface area (Å²) in [5, 5.41) is 0. The minimum Gasteiger partial charge on any atom is -0.369 e. The quantitative estimate of drug-likeness (QED) is 0.877. The van der Waals surface area contributed by atoms with Crippen LogP contribution in [0.25, 0.3) is 0 Å². The molecule has 0 aliphatic heterocycles. The van der Waals surface area contributed by atoms with Gasteiger partial charge in [-0.1, -0.05) is 12.1 Å². The minimum absolute atomic E-state index is 0.0705. The first kappa shape index (κ1) is 13.5. The van der Waals surface area contributed by atoms with E-state index in [0.29, 0.717) is 12.1 Å². The molecule has 1 amide bonds. The molecule has 6 heteroatoms. The Bertz CT molecular complexity index is 387. The van der Waals surface area contributed by atoms with Crippen molar-refractivity contribution >= 4 is 5.91 Å². The van der Waals surface area contributed by atoms with E-state index >= 15 is 0 Å². The topological polar surface area (TPSA) is 46.3 Å². The van der Waals surface area contributed by atoms with E-state index in [1.165, 1.54) is 12.1 Å². The van der Waals surface area contributed by atoms with E-state index in [2.05, 4.69) is 0 Å². The zero-order chi connectivity index (χ0) is 13.1. The highest BCUT2D eigenvalue weighted by atomic mass is 19.4. The van der Waals surface area contributed by atoms with Crippen LogP contribution in [0.3, 0.4) is 0 Å². The Balaban J connectivity index is 2.66. The monoisotopic (exact) mass is 246 g/mol. The van der Waals surface area contributed by atoms with Crippen molar-refractivity contribution in [2.75, 3.05) is 13.6 Å². The highest BCUT2D eigenvalue weighted by Gasteiger charge is 2.29. The lowest BCUT2D eigenvalue weighted by Gasteiger charge is -2.15. The average Bonchev–Trinajstić information content (AvgIpc) is 2.15. The van der Waals surface area contributed by atoms with Crippen LogP contribution in [0.15, 0.2) is 24.3 Å². The second kappa shape index (κ2) is 5.18. The molecule has 3 nitrogen and oxygen atoms in total. The molecule has 1 aromatic rings. The fraction of sp³-hybridized carbons (Fsp3) is 0.364. The Morgan fingerprint density at radius 2 is 1.82 bits per heavy atom. The first-order chi connectivity index (χ1) is 7.79. The number of alkyl halides is 3. The van der Waals surface area contributed by atoms with Gasteiger partial charge in [-0.25, -0.2) is 0 Å². The van der Waals surface area contributed by atoms with Gasteiger partial charge in [0.15, 0.2) is 0 Å². The van der Waals surface area contributed by atoms with Gasteiger partial charge in [0.05, 0.1) is 12.1 Å². The van der Waals surface area contributed by atoms with Crippen molar-refractivity contribution in [2.45, 2.75) is 12.7 Å². The van der Waals surface area contributed by atoms with Crippen molar-refractivity contribution in [3.8, 4) is 0 Å². The van der Waals surface area contributed by atoms with Crippen molar-refractivity contribution < 1.29 is 18.0 Å². The standard InChI is InChI=1S/C11H13F3N2O/c1-16(7-10(15)17)6-8-2-4-9(5-3-8)11(12,13)14/h2-5H,6-7H2,1H3,(H2,15,17). The number of amides is 1. The zero-order valence-corrected chi connectivity index (χ0v) is 9.29. The lowest BCUT2D eigenvalue weighted by atomic mass is 10.1. The second-order valence-electron chi connectivity index (χ2n) is 3.83. The molecule has 0 radical (unpaired) electrons. The van der Waals surface area contributed by atoms with Gasteiger partial charge in [0, 0.05) is 6.54 Å². The number of halogens is 3. The lowest BCUT2D eigenvalue weighted by molar-refractivity contribution is -0.137. The summed E-state index contributed by atoms with van der Waals surface area (Å²) in [4.78, 5) is 12.2. The predicted octanol–water partition coefficient (Wildman–Crippen LogP) is 1.62. The number of primary amides is 1. The van der Waals surface area contributed by atoms with Crippen LogP contribution in [-0.4, -0.2) is 24.4 Å². The molecule has 0 saturated carbocycles. The third kappa shape index (κ3) is 4.44. The molecule has 0 bridgehead atoms. The molecular formula is C11H13F3N2O. The molecule has 17 heavy (non-hydrogen) atoms. The molecule has 0 aromatic heterocycles. The summed E-state index contributed by atoms with van der Waals surface area (Å²) in [6.07, 6.45) is -4.32. The highest BCUT2D eigenvalue weighted by Crippen LogP contribution is 2.29. The molecule has 2 N–H and O–H groups in total. The molecule has 0 spiro atoms. The molecule has 1 rings (SSSR count). The first-order valence-corrected chi connectivity index (χ1v) is 4.92. The molecule has 1 aromatic carbocycles. The van der Waals surface area contributed by atoms with Crippen LogP contribution in [0.5, 0.6) is 0 Å². The van der Waals surface area contributed by atoms with Crippen molar-refractivity contribution in [3.63, 3.8) is 0 Å². The van der Waals surface area contributed by atoms with Gasteiger partial charge in [-0.3, -0.25) is 9.69 Å². The van der Waals surface area contributed by atoms with E-state index in [1.807, 2.05) is 0 Å². The molecular weight excluding hydrogens is 233 g/mol. The van der Waals surface area contributed by atoms with Crippen LogP contribution in [0.1, 0.15) is 11.1 Å². The number of likely N-dealkylation sites (N-methyl/N-ethyl adjacent to an activating group) is 1. The number of hydrogen-bond acceptors (Lipinski definition) is 2. The van der Waals surface area contributed by atoms with Crippen molar-refractivity contribution in [3.05, 3.63) is 35.4 Å². The Labute approximate surface area is 97.0 Å². The first-order valence-electron chi connectivity index (χ1n) is 4.92. The summed E-state index contributed by atoms with van der Waals surface area (Å²) < 4.78 is 36.8. The molecule has 94 valence electrons. The number of nitrogens with two attached hydrogens (primary N) is 1. The van der Waals surface area contributed by atoms with E-state index in [-0.39, 0.29) is 6.54 Å². The van der Waals surface area contributed by atoms with Gasteiger partial charge >= 0.3 is 6.18 Å². The second-order valence-corrected chi connectivity index (χ2v) is 3.83. The van der Waals surface area contributed by atoms with Gasteiger partial charge in [-0.2, -0.15) is 13.2 Å². The number of hydrogen-bond donors (Lipinski definition) is 1. The summed E-state index contributed by atoms with van der Waals surface area (Å²) in [7, 11) is 1.67. The smallest absolute Gasteiger partial charge is 0.369 e. The SMILES string of the molecule is CN(CC(N)=O)Cc1ccc(C(F)(F)F)cc1. The summed E-state index contributed by atoms with van der Waals surface area (Å²) in [5.74, 6) is -0.473. The Morgan fingerprint density at radius 3 is 2.24 bits per heavy atom. The fourth-order valence-electron chi connectivity index (χ4n) is 1.43. The molecule has 0 aliphatic rings. The van der Waals surface area contributed by atoms with Gasteiger partial charge in [-0.05, 0) is 24.7 Å². The van der Waals surface area contributed by atoms with Gasteiger partial charge in [-0.15, -0.1) is 0 Å². The Morgan fingerprint density at radius 1 is 1.29 bits per heavy atom. The van der Waals surface area contributed by atoms with Crippen molar-refractivity contribution in [1.29, 1.82) is 0 Å². The van der Waals surface area contributed by atoms with Gasteiger partial charge < -0.3 is 5.73 Å². The lowest BCUT2D eigenvalue weighted by Crippen LogP contribution is -2.30. The maximum atomic E-state index is 12.3. The molecule has 0 atom stereocenters. The number of carbonyl (C=O) groups excluding carboxylic acids is 1. The third-order valence-corrected chi connectivity index (χ3v) is 2.16. The largest absolute Gasteiger partial charge is 0.416 e. The molecule has 0 fully saturated rings. The summed E-state index contributed by atoms with van der Waals surface area (Å²) in [6.45, 7) is 0.447. The van der Waals surface area contributed by atoms with Gasteiger partial charge in [0.1, 0.15) is 0 Å². The average molecular weight is 246 g/mol. The predicted molar refractivity (Wildman–Crippen MR) is 57.0 cm³/mol. The summed E-state index contributed by atoms with van der Waals surface area (Å²) in [5.41, 5.74) is 5.01. The molecule has 0 aliphatic carbocycles. The van der Waals surface area contributed by atoms with Crippen LogP contribution >= 0.6 is 0 Å². The summed E-state index contributed by atoms with van der Waals surface area (Å²) in [6, 6.07) is 4.82. The van der Waals surface area contributed by atoms with Crippen LogP contribution < -0.4 is 5.73 Å². The van der Waals surface area contributed by atoms with Crippen LogP contribution in [0.4, 0.5) is 13.2 Å². The van der Waals surface area contributed by atoms with Crippen LogP contribution in [0.2, 0.25) is 0 Å². The summed E-state index contributed by atoms with van der Waals surface area (Å²) >= 11 is 0. The number of carbonyl (C=O) groups is 1. The minimum atomic E-state index is -4.32. The van der Waals surface area contributed by atoms with Crippen LogP contribution in [0, 0.1) is 0 Å². The van der Waals surface area contributed by atoms with Crippen molar-refractivity contribution in [1.82, 2.24) is 4.90 Å². The van der Waals surface area contributed by atoms with E-state index in [4.69, 9.17) is 5.73 Å². The van der Waals surface area contributed by atoms with Crippen molar-refractivity contribution in [2.24, 2.45) is 5.73 Å². The van der Waals surface area contributed by atoms with Crippen LogP contribution in [-0.2, 0) is 17.5 Å².